The van der Waals surface area contributed by atoms with Crippen LogP contribution in [0.15, 0.2) is 12.4 Å². The molecular weight excluding hydrogens is 180 g/mol. The van der Waals surface area contributed by atoms with E-state index in [0.29, 0.717) is 0 Å². The van der Waals surface area contributed by atoms with Gasteiger partial charge in [0.05, 0.1) is 24.4 Å². The number of nitrogens with zero attached hydrogens (tertiary/aromatic N) is 2. The molecule has 0 spiro atoms. The van der Waals surface area contributed by atoms with Crippen LogP contribution in [0, 0.1) is 12.8 Å². The van der Waals surface area contributed by atoms with Gasteiger partial charge in [-0.25, -0.2) is 0 Å². The highest BCUT2D eigenvalue weighted by molar-refractivity contribution is 5.76. The number of rotatable bonds is 2. The fourth-order valence-corrected chi connectivity index (χ4v) is 1.53. The summed E-state index contributed by atoms with van der Waals surface area (Å²) in [5.41, 5.74) is 1.79. The van der Waals surface area contributed by atoms with Crippen LogP contribution in [0.1, 0.15) is 23.7 Å². The summed E-state index contributed by atoms with van der Waals surface area (Å²) in [5.74, 6) is 0.0740. The SMILES string of the molecule is COC(=O)[C@@H]1C[C@H]1c1cnc(C)cn1. The summed E-state index contributed by atoms with van der Waals surface area (Å²) < 4.78 is 4.66. The van der Waals surface area contributed by atoms with Crippen LogP contribution in [-0.4, -0.2) is 23.0 Å². The van der Waals surface area contributed by atoms with Gasteiger partial charge in [0.2, 0.25) is 0 Å². The van der Waals surface area contributed by atoms with E-state index in [9.17, 15) is 4.79 Å². The Morgan fingerprint density at radius 1 is 1.50 bits per heavy atom. The lowest BCUT2D eigenvalue weighted by atomic mass is 10.2. The molecule has 0 bridgehead atoms. The van der Waals surface area contributed by atoms with Gasteiger partial charge in [0.15, 0.2) is 0 Å². The molecule has 0 unspecified atom stereocenters. The van der Waals surface area contributed by atoms with Crippen LogP contribution >= 0.6 is 0 Å². The first-order valence-corrected chi connectivity index (χ1v) is 4.58. The average molecular weight is 192 g/mol. The van der Waals surface area contributed by atoms with Crippen molar-refractivity contribution in [2.75, 3.05) is 7.11 Å². The molecule has 1 aliphatic rings. The minimum atomic E-state index is -0.141. The highest BCUT2D eigenvalue weighted by Gasteiger charge is 2.46. The Morgan fingerprint density at radius 3 is 2.86 bits per heavy atom. The largest absolute Gasteiger partial charge is 0.469 e. The smallest absolute Gasteiger partial charge is 0.309 e. The Hall–Kier alpha value is -1.45. The number of methoxy groups -OCH3 is 1. The maximum atomic E-state index is 11.2. The quantitative estimate of drug-likeness (QED) is 0.657. The van der Waals surface area contributed by atoms with E-state index in [4.69, 9.17) is 0 Å². The molecule has 1 heterocycles. The molecular formula is C10H12N2O2. The Morgan fingerprint density at radius 2 is 2.29 bits per heavy atom. The van der Waals surface area contributed by atoms with Crippen LogP contribution in [0.5, 0.6) is 0 Å². The number of carbonyl (C=O) groups excluding carboxylic acids is 1. The molecule has 4 heteroatoms. The molecule has 2 atom stereocenters. The van der Waals surface area contributed by atoms with Crippen molar-refractivity contribution in [3.8, 4) is 0 Å². The molecule has 1 aliphatic carbocycles. The first-order valence-electron chi connectivity index (χ1n) is 4.58. The van der Waals surface area contributed by atoms with Gasteiger partial charge in [-0.1, -0.05) is 0 Å². The molecule has 0 aliphatic heterocycles. The zero-order chi connectivity index (χ0) is 10.1. The Balaban J connectivity index is 2.06. The average Bonchev–Trinajstić information content (AvgIpc) is 2.98. The molecule has 0 amide bonds. The maximum Gasteiger partial charge on any atom is 0.309 e. The van der Waals surface area contributed by atoms with Gasteiger partial charge < -0.3 is 4.74 Å². The lowest BCUT2D eigenvalue weighted by Gasteiger charge is -1.98. The lowest BCUT2D eigenvalue weighted by Crippen LogP contribution is -2.04. The molecule has 0 N–H and O–H groups in total. The summed E-state index contributed by atoms with van der Waals surface area (Å²) in [4.78, 5) is 19.5. The first-order chi connectivity index (χ1) is 6.72. The molecule has 1 saturated carbocycles. The molecule has 4 nitrogen and oxygen atoms in total. The zero-order valence-electron chi connectivity index (χ0n) is 8.23. The van der Waals surface area contributed by atoms with E-state index in [1.807, 2.05) is 6.92 Å². The molecule has 1 fully saturated rings. The number of ether oxygens (including phenoxy) is 1. The van der Waals surface area contributed by atoms with Crippen molar-refractivity contribution in [3.63, 3.8) is 0 Å². The fraction of sp³-hybridized carbons (Fsp3) is 0.500. The summed E-state index contributed by atoms with van der Waals surface area (Å²) in [7, 11) is 1.42. The number of aromatic nitrogens is 2. The topological polar surface area (TPSA) is 52.1 Å². The minimum absolute atomic E-state index is 0.00277. The second-order valence-electron chi connectivity index (χ2n) is 3.55. The van der Waals surface area contributed by atoms with E-state index in [1.54, 1.807) is 12.4 Å². The van der Waals surface area contributed by atoms with Crippen molar-refractivity contribution < 1.29 is 9.53 Å². The van der Waals surface area contributed by atoms with Crippen molar-refractivity contribution in [1.82, 2.24) is 9.97 Å². The number of hydrogen-bond donors (Lipinski definition) is 0. The predicted octanol–water partition coefficient (Wildman–Crippen LogP) is 1.06. The molecule has 0 aromatic carbocycles. The van der Waals surface area contributed by atoms with E-state index in [1.165, 1.54) is 7.11 Å². The van der Waals surface area contributed by atoms with Crippen LogP contribution in [0.3, 0.4) is 0 Å². The van der Waals surface area contributed by atoms with Gasteiger partial charge in [-0.05, 0) is 13.3 Å². The fourth-order valence-electron chi connectivity index (χ4n) is 1.53. The molecule has 0 saturated heterocycles. The number of esters is 1. The van der Waals surface area contributed by atoms with Gasteiger partial charge in [-0.2, -0.15) is 0 Å². The zero-order valence-corrected chi connectivity index (χ0v) is 8.23. The maximum absolute atomic E-state index is 11.2. The van der Waals surface area contributed by atoms with E-state index >= 15 is 0 Å². The molecule has 14 heavy (non-hydrogen) atoms. The van der Waals surface area contributed by atoms with E-state index in [0.717, 1.165) is 17.8 Å². The normalized spacial score (nSPS) is 24.4. The summed E-state index contributed by atoms with van der Waals surface area (Å²) >= 11 is 0. The number of aryl methyl sites for hydroxylation is 1. The van der Waals surface area contributed by atoms with Crippen molar-refractivity contribution in [3.05, 3.63) is 23.8 Å². The van der Waals surface area contributed by atoms with Gasteiger partial charge >= 0.3 is 5.97 Å². The second-order valence-corrected chi connectivity index (χ2v) is 3.55. The van der Waals surface area contributed by atoms with Crippen molar-refractivity contribution in [2.24, 2.45) is 5.92 Å². The third-order valence-electron chi connectivity index (χ3n) is 2.48. The van der Waals surface area contributed by atoms with E-state index in [-0.39, 0.29) is 17.8 Å². The molecule has 74 valence electrons. The molecule has 2 rings (SSSR count). The van der Waals surface area contributed by atoms with Gasteiger partial charge in [-0.3, -0.25) is 14.8 Å². The minimum Gasteiger partial charge on any atom is -0.469 e. The summed E-state index contributed by atoms with van der Waals surface area (Å²) in [6.07, 6.45) is 4.30. The summed E-state index contributed by atoms with van der Waals surface area (Å²) in [5, 5.41) is 0. The highest BCUT2D eigenvalue weighted by Crippen LogP contribution is 2.46. The molecule has 1 aromatic rings. The Labute approximate surface area is 82.3 Å². The third-order valence-corrected chi connectivity index (χ3v) is 2.48. The second kappa shape index (κ2) is 3.36. The molecule has 0 radical (unpaired) electrons. The van der Waals surface area contributed by atoms with Crippen LogP contribution < -0.4 is 0 Å². The van der Waals surface area contributed by atoms with Gasteiger partial charge in [0.25, 0.3) is 0 Å². The van der Waals surface area contributed by atoms with Crippen molar-refractivity contribution in [2.45, 2.75) is 19.3 Å². The summed E-state index contributed by atoms with van der Waals surface area (Å²) in [6, 6.07) is 0. The van der Waals surface area contributed by atoms with Crippen molar-refractivity contribution >= 4 is 5.97 Å². The van der Waals surface area contributed by atoms with Crippen LogP contribution in [0.2, 0.25) is 0 Å². The van der Waals surface area contributed by atoms with Gasteiger partial charge in [0, 0.05) is 18.3 Å². The lowest BCUT2D eigenvalue weighted by molar-refractivity contribution is -0.142. The number of hydrogen-bond acceptors (Lipinski definition) is 4. The Bertz CT molecular complexity index is 348. The van der Waals surface area contributed by atoms with Gasteiger partial charge in [-0.15, -0.1) is 0 Å². The third kappa shape index (κ3) is 1.60. The van der Waals surface area contributed by atoms with Crippen LogP contribution in [0.25, 0.3) is 0 Å². The molecule has 1 aromatic heterocycles. The highest BCUT2D eigenvalue weighted by atomic mass is 16.5. The summed E-state index contributed by atoms with van der Waals surface area (Å²) in [6.45, 7) is 1.89. The van der Waals surface area contributed by atoms with E-state index in [2.05, 4.69) is 14.7 Å². The van der Waals surface area contributed by atoms with Crippen LogP contribution in [0.4, 0.5) is 0 Å². The van der Waals surface area contributed by atoms with Crippen molar-refractivity contribution in [1.29, 1.82) is 0 Å². The van der Waals surface area contributed by atoms with E-state index < -0.39 is 0 Å². The first kappa shape index (κ1) is 9.12. The predicted molar refractivity (Wildman–Crippen MR) is 49.6 cm³/mol. The van der Waals surface area contributed by atoms with Gasteiger partial charge in [0.1, 0.15) is 0 Å². The Kier molecular flexibility index (Phi) is 2.19. The number of carbonyl (C=O) groups is 1. The standard InChI is InChI=1S/C10H12N2O2/c1-6-4-12-9(5-11-6)7-3-8(7)10(13)14-2/h4-5,7-8H,3H2,1-2H3/t7-,8-/m1/s1. The monoisotopic (exact) mass is 192 g/mol. The van der Waals surface area contributed by atoms with Crippen LogP contribution in [-0.2, 0) is 9.53 Å².